The van der Waals surface area contributed by atoms with Gasteiger partial charge in [0.1, 0.15) is 5.82 Å². The lowest BCUT2D eigenvalue weighted by Gasteiger charge is -2.05. The second-order valence-corrected chi connectivity index (χ2v) is 5.19. The number of aromatic nitrogens is 3. The van der Waals surface area contributed by atoms with Crippen LogP contribution in [0.4, 0.5) is 0 Å². The highest BCUT2D eigenvalue weighted by Crippen LogP contribution is 2.15. The highest BCUT2D eigenvalue weighted by atomic mass is 16.1. The Morgan fingerprint density at radius 3 is 2.71 bits per heavy atom. The highest BCUT2D eigenvalue weighted by molar-refractivity contribution is 5.98. The molecule has 0 atom stereocenters. The van der Waals surface area contributed by atoms with Crippen LogP contribution in [0.5, 0.6) is 0 Å². The lowest BCUT2D eigenvalue weighted by atomic mass is 10.0. The Morgan fingerprint density at radius 1 is 1.19 bits per heavy atom. The maximum atomic E-state index is 11.4. The molecule has 0 bridgehead atoms. The average molecular weight is 280 g/mol. The number of pyridine rings is 1. The number of primary amides is 1. The average Bonchev–Trinajstić information content (AvgIpc) is 2.86. The summed E-state index contributed by atoms with van der Waals surface area (Å²) in [5.74, 6) is 0.294. The van der Waals surface area contributed by atoms with E-state index in [2.05, 4.69) is 42.2 Å². The zero-order chi connectivity index (χ0) is 15.0. The van der Waals surface area contributed by atoms with Crippen molar-refractivity contribution in [3.63, 3.8) is 0 Å². The van der Waals surface area contributed by atoms with Crippen molar-refractivity contribution < 1.29 is 4.79 Å². The molecule has 106 valence electrons. The fourth-order valence-electron chi connectivity index (χ4n) is 2.37. The number of hydrogen-bond acceptors (Lipinski definition) is 3. The third-order valence-electron chi connectivity index (χ3n) is 3.70. The number of nitrogens with zero attached hydrogens (tertiary/aromatic N) is 3. The molecule has 2 heterocycles. The van der Waals surface area contributed by atoms with Gasteiger partial charge in [-0.3, -0.25) is 9.20 Å². The molecule has 5 heteroatoms. The minimum atomic E-state index is -0.495. The third-order valence-corrected chi connectivity index (χ3v) is 3.70. The number of nitrogens with two attached hydrogens (primary N) is 1. The molecule has 3 aromatic rings. The summed E-state index contributed by atoms with van der Waals surface area (Å²) in [5.41, 5.74) is 9.92. The monoisotopic (exact) mass is 280 g/mol. The molecule has 0 aliphatic carbocycles. The van der Waals surface area contributed by atoms with E-state index >= 15 is 0 Å². The second kappa shape index (κ2) is 5.01. The predicted molar refractivity (Wildman–Crippen MR) is 80.2 cm³/mol. The van der Waals surface area contributed by atoms with Crippen LogP contribution in [0.3, 0.4) is 0 Å². The molecule has 0 aliphatic heterocycles. The van der Waals surface area contributed by atoms with Gasteiger partial charge in [-0.2, -0.15) is 0 Å². The molecule has 0 saturated heterocycles. The highest BCUT2D eigenvalue weighted by Gasteiger charge is 2.12. The molecule has 1 aromatic carbocycles. The first-order valence-corrected chi connectivity index (χ1v) is 6.75. The van der Waals surface area contributed by atoms with Gasteiger partial charge in [-0.15, -0.1) is 10.2 Å². The van der Waals surface area contributed by atoms with E-state index in [1.807, 2.05) is 10.6 Å². The number of benzene rings is 1. The maximum absolute atomic E-state index is 11.4. The zero-order valence-electron chi connectivity index (χ0n) is 12.0. The molecule has 0 spiro atoms. The summed E-state index contributed by atoms with van der Waals surface area (Å²) in [6, 6.07) is 9.77. The van der Waals surface area contributed by atoms with Crippen LogP contribution in [0.15, 0.2) is 36.5 Å². The van der Waals surface area contributed by atoms with Crippen LogP contribution in [0, 0.1) is 13.8 Å². The Bertz CT molecular complexity index is 835. The van der Waals surface area contributed by atoms with Crippen molar-refractivity contribution in [2.45, 2.75) is 20.3 Å². The first kappa shape index (κ1) is 13.3. The third kappa shape index (κ3) is 2.38. The fourth-order valence-corrected chi connectivity index (χ4v) is 2.37. The van der Waals surface area contributed by atoms with Gasteiger partial charge in [0, 0.05) is 12.6 Å². The molecule has 0 saturated carbocycles. The minimum Gasteiger partial charge on any atom is -0.365 e. The SMILES string of the molecule is Cc1ccc(Cc2nnc3c(C(N)=O)cccn23)cc1C. The van der Waals surface area contributed by atoms with Crippen LogP contribution in [-0.4, -0.2) is 20.5 Å². The molecular formula is C16H16N4O. The molecule has 0 radical (unpaired) electrons. The maximum Gasteiger partial charge on any atom is 0.252 e. The molecule has 2 N–H and O–H groups in total. The van der Waals surface area contributed by atoms with Crippen LogP contribution in [-0.2, 0) is 6.42 Å². The molecule has 5 nitrogen and oxygen atoms in total. The molecule has 2 aromatic heterocycles. The van der Waals surface area contributed by atoms with Crippen LogP contribution < -0.4 is 5.73 Å². The van der Waals surface area contributed by atoms with Crippen molar-refractivity contribution in [1.82, 2.24) is 14.6 Å². The first-order chi connectivity index (χ1) is 10.1. The van der Waals surface area contributed by atoms with E-state index in [4.69, 9.17) is 5.73 Å². The number of fused-ring (bicyclic) bond motifs is 1. The molecular weight excluding hydrogens is 264 g/mol. The largest absolute Gasteiger partial charge is 0.365 e. The Labute approximate surface area is 122 Å². The van der Waals surface area contributed by atoms with Gasteiger partial charge >= 0.3 is 0 Å². The number of carbonyl (C=O) groups is 1. The van der Waals surface area contributed by atoms with Crippen LogP contribution >= 0.6 is 0 Å². The number of rotatable bonds is 3. The van der Waals surface area contributed by atoms with Gasteiger partial charge in [0.2, 0.25) is 0 Å². The Kier molecular flexibility index (Phi) is 3.17. The van der Waals surface area contributed by atoms with E-state index in [-0.39, 0.29) is 0 Å². The summed E-state index contributed by atoms with van der Waals surface area (Å²) in [5, 5.41) is 8.28. The van der Waals surface area contributed by atoms with Gasteiger partial charge in [0.25, 0.3) is 5.91 Å². The minimum absolute atomic E-state index is 0.385. The first-order valence-electron chi connectivity index (χ1n) is 6.75. The van der Waals surface area contributed by atoms with E-state index in [1.165, 1.54) is 11.1 Å². The normalized spacial score (nSPS) is 11.0. The summed E-state index contributed by atoms with van der Waals surface area (Å²) in [4.78, 5) is 11.4. The van der Waals surface area contributed by atoms with Gasteiger partial charge < -0.3 is 5.73 Å². The van der Waals surface area contributed by atoms with Crippen molar-refractivity contribution in [3.05, 3.63) is 64.6 Å². The van der Waals surface area contributed by atoms with Gasteiger partial charge in [-0.05, 0) is 42.7 Å². The Morgan fingerprint density at radius 2 is 2.00 bits per heavy atom. The van der Waals surface area contributed by atoms with Gasteiger partial charge in [0.05, 0.1) is 5.56 Å². The van der Waals surface area contributed by atoms with Gasteiger partial charge in [-0.25, -0.2) is 0 Å². The van der Waals surface area contributed by atoms with E-state index in [0.29, 0.717) is 17.6 Å². The summed E-state index contributed by atoms with van der Waals surface area (Å²) in [6.07, 6.45) is 2.50. The summed E-state index contributed by atoms with van der Waals surface area (Å²) >= 11 is 0. The standard InChI is InChI=1S/C16H16N4O/c1-10-5-6-12(8-11(10)2)9-14-18-19-16-13(15(17)21)4-3-7-20(14)16/h3-8H,9H2,1-2H3,(H2,17,21). The van der Waals surface area contributed by atoms with Crippen LogP contribution in [0.1, 0.15) is 32.9 Å². The van der Waals surface area contributed by atoms with E-state index in [0.717, 1.165) is 11.4 Å². The Hall–Kier alpha value is -2.69. The molecule has 21 heavy (non-hydrogen) atoms. The molecule has 1 amide bonds. The molecule has 3 rings (SSSR count). The summed E-state index contributed by atoms with van der Waals surface area (Å²) < 4.78 is 1.81. The van der Waals surface area contributed by atoms with Gasteiger partial charge in [0.15, 0.2) is 5.65 Å². The van der Waals surface area contributed by atoms with Crippen LogP contribution in [0.2, 0.25) is 0 Å². The second-order valence-electron chi connectivity index (χ2n) is 5.19. The zero-order valence-corrected chi connectivity index (χ0v) is 12.0. The quantitative estimate of drug-likeness (QED) is 0.797. The summed E-state index contributed by atoms with van der Waals surface area (Å²) in [6.45, 7) is 4.18. The number of amides is 1. The molecule has 0 unspecified atom stereocenters. The van der Waals surface area contributed by atoms with Crippen molar-refractivity contribution in [2.24, 2.45) is 5.73 Å². The van der Waals surface area contributed by atoms with Crippen molar-refractivity contribution in [2.75, 3.05) is 0 Å². The number of hydrogen-bond donors (Lipinski definition) is 1. The lowest BCUT2D eigenvalue weighted by Crippen LogP contribution is -2.12. The topological polar surface area (TPSA) is 73.3 Å². The van der Waals surface area contributed by atoms with E-state index in [9.17, 15) is 4.79 Å². The number of aryl methyl sites for hydroxylation is 2. The fraction of sp³-hybridized carbons (Fsp3) is 0.188. The van der Waals surface area contributed by atoms with Crippen molar-refractivity contribution in [3.8, 4) is 0 Å². The molecule has 0 aliphatic rings. The summed E-state index contributed by atoms with van der Waals surface area (Å²) in [7, 11) is 0. The van der Waals surface area contributed by atoms with Crippen LogP contribution in [0.25, 0.3) is 5.65 Å². The lowest BCUT2D eigenvalue weighted by molar-refractivity contribution is 0.100. The van der Waals surface area contributed by atoms with Crippen molar-refractivity contribution >= 4 is 11.6 Å². The smallest absolute Gasteiger partial charge is 0.252 e. The van der Waals surface area contributed by atoms with E-state index < -0.39 is 5.91 Å². The van der Waals surface area contributed by atoms with E-state index in [1.54, 1.807) is 12.1 Å². The number of carbonyl (C=O) groups excluding carboxylic acids is 1. The van der Waals surface area contributed by atoms with Crippen molar-refractivity contribution in [1.29, 1.82) is 0 Å². The van der Waals surface area contributed by atoms with Gasteiger partial charge in [-0.1, -0.05) is 18.2 Å². The molecule has 0 fully saturated rings. The Balaban J connectivity index is 2.03. The predicted octanol–water partition coefficient (Wildman–Crippen LogP) is 2.04.